The van der Waals surface area contributed by atoms with Crippen LogP contribution < -0.4 is 10.1 Å². The number of hydrogen-bond donors (Lipinski definition) is 2. The van der Waals surface area contributed by atoms with Crippen LogP contribution in [0.15, 0.2) is 97.6 Å². The highest BCUT2D eigenvalue weighted by atomic mass is 16.6. The summed E-state index contributed by atoms with van der Waals surface area (Å²) in [6.45, 7) is 1.95. The second-order valence-corrected chi connectivity index (χ2v) is 11.1. The van der Waals surface area contributed by atoms with E-state index in [0.29, 0.717) is 29.8 Å². The molecule has 1 aliphatic rings. The van der Waals surface area contributed by atoms with E-state index < -0.39 is 30.1 Å². The van der Waals surface area contributed by atoms with Crippen molar-refractivity contribution in [3.05, 3.63) is 114 Å². The average molecular weight is 624 g/mol. The number of nitrogens with zero attached hydrogens (tertiary/aromatic N) is 4. The van der Waals surface area contributed by atoms with Gasteiger partial charge in [0.05, 0.1) is 20.0 Å². The van der Waals surface area contributed by atoms with Gasteiger partial charge in [-0.25, -0.2) is 15.0 Å². The van der Waals surface area contributed by atoms with Crippen molar-refractivity contribution in [1.82, 2.24) is 19.5 Å². The zero-order valence-electron chi connectivity index (χ0n) is 25.9. The molecule has 0 bridgehead atoms. The van der Waals surface area contributed by atoms with Crippen LogP contribution in [0.3, 0.4) is 0 Å². The van der Waals surface area contributed by atoms with Crippen LogP contribution in [0.1, 0.15) is 42.7 Å². The normalized spacial score (nSPS) is 19.7. The number of aliphatic hydroxyl groups is 1. The van der Waals surface area contributed by atoms with Crippen molar-refractivity contribution in [1.29, 1.82) is 0 Å². The van der Waals surface area contributed by atoms with E-state index in [1.807, 2.05) is 91.9 Å². The number of carbonyl (C=O) groups excluding carboxylic acids is 1. The molecule has 1 aliphatic heterocycles. The van der Waals surface area contributed by atoms with Crippen LogP contribution in [-0.2, 0) is 24.6 Å². The summed E-state index contributed by atoms with van der Waals surface area (Å²) >= 11 is 0. The number of aliphatic hydroxyl groups excluding tert-OH is 1. The molecule has 3 aromatic carbocycles. The third kappa shape index (κ3) is 5.85. The molecule has 46 heavy (non-hydrogen) atoms. The summed E-state index contributed by atoms with van der Waals surface area (Å²) in [6, 6.07) is 27.7. The van der Waals surface area contributed by atoms with Crippen LogP contribution in [0.2, 0.25) is 0 Å². The summed E-state index contributed by atoms with van der Waals surface area (Å²) in [5.74, 6) is 0.877. The van der Waals surface area contributed by atoms with E-state index in [1.165, 1.54) is 13.4 Å². The maximum atomic E-state index is 12.3. The molecular formula is C35H37N5O6. The Labute approximate surface area is 267 Å². The fourth-order valence-corrected chi connectivity index (χ4v) is 6.01. The van der Waals surface area contributed by atoms with Crippen molar-refractivity contribution in [2.45, 2.75) is 49.9 Å². The molecule has 2 N–H and O–H groups in total. The Hall–Kier alpha value is -4.68. The van der Waals surface area contributed by atoms with Gasteiger partial charge in [-0.15, -0.1) is 0 Å². The SMILES string of the molecule is CCCC(=O)Nc1ncnc2c1ncn2[C@@H]1O[C@H](COC(c2ccccc2)(c2ccccc2)c2ccc(OC)cc2)[C@@H](O)[C@H]1OC. The zero-order valence-corrected chi connectivity index (χ0v) is 25.9. The van der Waals surface area contributed by atoms with Crippen LogP contribution in [0, 0.1) is 0 Å². The van der Waals surface area contributed by atoms with Crippen LogP contribution in [-0.4, -0.2) is 69.7 Å². The number of methoxy groups -OCH3 is 2. The van der Waals surface area contributed by atoms with Gasteiger partial charge < -0.3 is 29.4 Å². The summed E-state index contributed by atoms with van der Waals surface area (Å²) in [5, 5.41) is 14.3. The molecular weight excluding hydrogens is 586 g/mol. The van der Waals surface area contributed by atoms with Gasteiger partial charge in [-0.05, 0) is 35.2 Å². The highest BCUT2D eigenvalue weighted by Crippen LogP contribution is 2.42. The summed E-state index contributed by atoms with van der Waals surface area (Å²) in [6.07, 6.45) is 0.619. The third-order valence-corrected chi connectivity index (χ3v) is 8.27. The number of amides is 1. The number of benzene rings is 3. The van der Waals surface area contributed by atoms with Crippen molar-refractivity contribution in [3.8, 4) is 5.75 Å². The molecule has 0 unspecified atom stereocenters. The maximum Gasteiger partial charge on any atom is 0.225 e. The Morgan fingerprint density at radius 1 is 0.935 bits per heavy atom. The molecule has 2 aromatic heterocycles. The molecule has 0 saturated carbocycles. The van der Waals surface area contributed by atoms with E-state index in [2.05, 4.69) is 20.3 Å². The first-order chi connectivity index (χ1) is 22.5. The predicted octanol–water partition coefficient (Wildman–Crippen LogP) is 4.86. The lowest BCUT2D eigenvalue weighted by atomic mass is 9.80. The Morgan fingerprint density at radius 2 is 1.59 bits per heavy atom. The molecule has 6 rings (SSSR count). The van der Waals surface area contributed by atoms with Gasteiger partial charge in [0.15, 0.2) is 23.2 Å². The summed E-state index contributed by atoms with van der Waals surface area (Å²) < 4.78 is 26.4. The van der Waals surface area contributed by atoms with E-state index >= 15 is 0 Å². The number of fused-ring (bicyclic) bond motifs is 1. The first kappa shape index (κ1) is 31.3. The number of rotatable bonds is 12. The van der Waals surface area contributed by atoms with Gasteiger partial charge >= 0.3 is 0 Å². The predicted molar refractivity (Wildman–Crippen MR) is 171 cm³/mol. The van der Waals surface area contributed by atoms with E-state index in [-0.39, 0.29) is 12.5 Å². The summed E-state index contributed by atoms with van der Waals surface area (Å²) in [7, 11) is 3.15. The largest absolute Gasteiger partial charge is 0.497 e. The second kappa shape index (κ2) is 13.8. The van der Waals surface area contributed by atoms with E-state index in [9.17, 15) is 9.90 Å². The molecule has 0 aliphatic carbocycles. The number of carbonyl (C=O) groups is 1. The smallest absolute Gasteiger partial charge is 0.225 e. The number of hydrogen-bond acceptors (Lipinski definition) is 9. The Balaban J connectivity index is 1.34. The standard InChI is InChI=1S/C35H37N5O6/c1-4-11-28(41)39-32-29-33(37-21-36-32)40(22-38-29)34-31(44-3)30(42)27(46-34)20-45-35(23-12-7-5-8-13-23,24-14-9-6-10-15-24)25-16-18-26(43-2)19-17-25/h5-10,12-19,21-22,27,30-31,34,42H,4,11,20H2,1-3H3,(H,36,37,39,41)/t27-,30-,31-,34-/m1/s1. The average Bonchev–Trinajstić information content (AvgIpc) is 3.67. The number of aromatic nitrogens is 4. The van der Waals surface area contributed by atoms with Gasteiger partial charge in [-0.2, -0.15) is 0 Å². The molecule has 5 aromatic rings. The van der Waals surface area contributed by atoms with Crippen molar-refractivity contribution in [2.24, 2.45) is 0 Å². The monoisotopic (exact) mass is 623 g/mol. The van der Waals surface area contributed by atoms with E-state index in [4.69, 9.17) is 18.9 Å². The lowest BCUT2D eigenvalue weighted by Gasteiger charge is -2.37. The molecule has 1 fully saturated rings. The Bertz CT molecular complexity index is 1710. The van der Waals surface area contributed by atoms with Crippen molar-refractivity contribution in [2.75, 3.05) is 26.1 Å². The fourth-order valence-electron chi connectivity index (χ4n) is 6.01. The molecule has 11 heteroatoms. The second-order valence-electron chi connectivity index (χ2n) is 11.1. The van der Waals surface area contributed by atoms with Crippen LogP contribution in [0.25, 0.3) is 11.2 Å². The molecule has 4 atom stereocenters. The van der Waals surface area contributed by atoms with Gasteiger partial charge in [0.2, 0.25) is 5.91 Å². The molecule has 0 radical (unpaired) electrons. The maximum absolute atomic E-state index is 12.3. The summed E-state index contributed by atoms with van der Waals surface area (Å²) in [4.78, 5) is 25.4. The molecule has 11 nitrogen and oxygen atoms in total. The van der Waals surface area contributed by atoms with Crippen LogP contribution in [0.5, 0.6) is 5.75 Å². The molecule has 0 spiro atoms. The molecule has 238 valence electrons. The van der Waals surface area contributed by atoms with Crippen molar-refractivity contribution >= 4 is 22.9 Å². The van der Waals surface area contributed by atoms with Crippen LogP contribution >= 0.6 is 0 Å². The van der Waals surface area contributed by atoms with E-state index in [1.54, 1.807) is 18.0 Å². The Morgan fingerprint density at radius 3 is 2.20 bits per heavy atom. The van der Waals surface area contributed by atoms with Crippen LogP contribution in [0.4, 0.5) is 5.82 Å². The molecule has 1 saturated heterocycles. The van der Waals surface area contributed by atoms with Crippen molar-refractivity contribution in [3.63, 3.8) is 0 Å². The summed E-state index contributed by atoms with van der Waals surface area (Å²) in [5.41, 5.74) is 2.50. The van der Waals surface area contributed by atoms with Gasteiger partial charge in [-0.1, -0.05) is 79.7 Å². The Kier molecular flexibility index (Phi) is 9.36. The van der Waals surface area contributed by atoms with Gasteiger partial charge in [0, 0.05) is 13.5 Å². The molecule has 1 amide bonds. The number of ether oxygens (including phenoxy) is 4. The number of anilines is 1. The fraction of sp³-hybridized carbons (Fsp3) is 0.314. The zero-order chi connectivity index (χ0) is 32.1. The van der Waals surface area contributed by atoms with Gasteiger partial charge in [0.1, 0.15) is 36.0 Å². The number of nitrogens with one attached hydrogen (secondary N) is 1. The topological polar surface area (TPSA) is 130 Å². The van der Waals surface area contributed by atoms with Crippen molar-refractivity contribution < 1.29 is 28.8 Å². The van der Waals surface area contributed by atoms with E-state index in [0.717, 1.165) is 22.4 Å². The highest BCUT2D eigenvalue weighted by molar-refractivity contribution is 5.96. The first-order valence-corrected chi connectivity index (χ1v) is 15.2. The minimum absolute atomic E-state index is 0.0211. The van der Waals surface area contributed by atoms with Gasteiger partial charge in [-0.3, -0.25) is 9.36 Å². The lowest BCUT2D eigenvalue weighted by Crippen LogP contribution is -2.40. The molecule has 3 heterocycles. The third-order valence-electron chi connectivity index (χ3n) is 8.27. The van der Waals surface area contributed by atoms with Gasteiger partial charge in [0.25, 0.3) is 0 Å². The minimum atomic E-state index is -1.04. The quantitative estimate of drug-likeness (QED) is 0.187. The lowest BCUT2D eigenvalue weighted by molar-refractivity contribution is -0.116. The highest BCUT2D eigenvalue weighted by Gasteiger charge is 2.48. The number of imidazole rings is 1. The first-order valence-electron chi connectivity index (χ1n) is 15.2. The minimum Gasteiger partial charge on any atom is -0.497 e.